The highest BCUT2D eigenvalue weighted by molar-refractivity contribution is 6.30. The lowest BCUT2D eigenvalue weighted by Gasteiger charge is -2.32. The average molecular weight is 332 g/mol. The lowest BCUT2D eigenvalue weighted by molar-refractivity contribution is -0.260. The van der Waals surface area contributed by atoms with Gasteiger partial charge in [-0.2, -0.15) is 13.2 Å². The summed E-state index contributed by atoms with van der Waals surface area (Å²) in [4.78, 5) is 11.6. The maximum Gasteiger partial charge on any atom is 0.425 e. The maximum absolute atomic E-state index is 13.8. The van der Waals surface area contributed by atoms with Crippen LogP contribution in [-0.4, -0.2) is 18.7 Å². The van der Waals surface area contributed by atoms with Gasteiger partial charge < -0.3 is 10.1 Å². The third-order valence-corrected chi connectivity index (χ3v) is 3.97. The van der Waals surface area contributed by atoms with Crippen molar-refractivity contribution < 1.29 is 22.7 Å². The van der Waals surface area contributed by atoms with Crippen LogP contribution < -0.4 is 5.32 Å². The van der Waals surface area contributed by atoms with Crippen LogP contribution in [0.25, 0.3) is 0 Å². The molecule has 1 fully saturated rings. The van der Waals surface area contributed by atoms with E-state index in [2.05, 4.69) is 5.32 Å². The summed E-state index contributed by atoms with van der Waals surface area (Å²) in [6.45, 7) is -0.680. The minimum atomic E-state index is -4.72. The van der Waals surface area contributed by atoms with Crippen LogP contribution in [0.2, 0.25) is 5.02 Å². The predicted octanol–water partition coefficient (Wildman–Crippen LogP) is 4.03. The second-order valence-corrected chi connectivity index (χ2v) is 5.89. The number of anilines is 1. The molecule has 1 aliphatic carbocycles. The number of allylic oxidation sites excluding steroid dienone is 1. The molecule has 1 aromatic carbocycles. The van der Waals surface area contributed by atoms with Gasteiger partial charge in [0.25, 0.3) is 0 Å². The highest BCUT2D eigenvalue weighted by Crippen LogP contribution is 2.48. The Morgan fingerprint density at radius 2 is 2.09 bits per heavy atom. The maximum atomic E-state index is 13.8. The lowest BCUT2D eigenvalue weighted by atomic mass is 9.90. The Balaban J connectivity index is 2.19. The quantitative estimate of drug-likeness (QED) is 0.831. The van der Waals surface area contributed by atoms with E-state index in [1.165, 1.54) is 24.3 Å². The fourth-order valence-corrected chi connectivity index (χ4v) is 2.58. The van der Waals surface area contributed by atoms with Crippen molar-refractivity contribution in [2.75, 3.05) is 11.9 Å². The van der Waals surface area contributed by atoms with Crippen LogP contribution in [0.4, 0.5) is 18.9 Å². The van der Waals surface area contributed by atoms with E-state index in [-0.39, 0.29) is 22.2 Å². The summed E-state index contributed by atoms with van der Waals surface area (Å²) in [5.74, 6) is -0.494. The smallest absolute Gasteiger partial charge is 0.347 e. The Morgan fingerprint density at radius 1 is 1.36 bits per heavy atom. The number of benzene rings is 1. The zero-order chi connectivity index (χ0) is 16.0. The Bertz CT molecular complexity index is 640. The van der Waals surface area contributed by atoms with Crippen molar-refractivity contribution in [3.05, 3.63) is 40.9 Å². The minimum Gasteiger partial charge on any atom is -0.347 e. The molecule has 1 heterocycles. The zero-order valence-electron chi connectivity index (χ0n) is 11.4. The van der Waals surface area contributed by atoms with Crippen LogP contribution in [0.15, 0.2) is 30.4 Å². The summed E-state index contributed by atoms with van der Waals surface area (Å²) in [6, 6.07) is 3.97. The molecule has 22 heavy (non-hydrogen) atoms. The molecule has 1 aliphatic heterocycles. The number of nitrogens with one attached hydrogen (secondary N) is 1. The zero-order valence-corrected chi connectivity index (χ0v) is 12.2. The Morgan fingerprint density at radius 3 is 2.73 bits per heavy atom. The molecule has 1 N–H and O–H groups in total. The van der Waals surface area contributed by atoms with Crippen molar-refractivity contribution >= 4 is 23.2 Å². The molecular formula is C15H13ClF3NO2. The molecule has 3 rings (SSSR count). The van der Waals surface area contributed by atoms with Gasteiger partial charge in [-0.3, -0.25) is 4.79 Å². The molecule has 1 saturated carbocycles. The Labute approximate surface area is 130 Å². The van der Waals surface area contributed by atoms with Crippen molar-refractivity contribution in [1.82, 2.24) is 0 Å². The fourth-order valence-electron chi connectivity index (χ4n) is 2.40. The first-order valence-electron chi connectivity index (χ1n) is 6.82. The van der Waals surface area contributed by atoms with Gasteiger partial charge in [-0.05, 0) is 43.0 Å². The van der Waals surface area contributed by atoms with E-state index in [4.69, 9.17) is 16.3 Å². The monoisotopic (exact) mass is 331 g/mol. The number of carbonyl (C=O) groups excluding carboxylic acids is 1. The molecule has 3 nitrogen and oxygen atoms in total. The van der Waals surface area contributed by atoms with Crippen molar-refractivity contribution in [1.29, 1.82) is 0 Å². The lowest BCUT2D eigenvalue weighted by Crippen LogP contribution is -2.43. The average Bonchev–Trinajstić information content (AvgIpc) is 3.24. The van der Waals surface area contributed by atoms with Crippen molar-refractivity contribution in [3.63, 3.8) is 0 Å². The molecule has 1 aromatic rings. The molecule has 118 valence electrons. The third kappa shape index (κ3) is 2.73. The van der Waals surface area contributed by atoms with E-state index >= 15 is 0 Å². The van der Waals surface area contributed by atoms with E-state index in [0.29, 0.717) is 0 Å². The molecule has 0 aromatic heterocycles. The predicted molar refractivity (Wildman–Crippen MR) is 75.6 cm³/mol. The van der Waals surface area contributed by atoms with Gasteiger partial charge in [0.2, 0.25) is 11.5 Å². The van der Waals surface area contributed by atoms with Gasteiger partial charge in [-0.1, -0.05) is 17.7 Å². The van der Waals surface area contributed by atoms with Gasteiger partial charge in [-0.15, -0.1) is 0 Å². The summed E-state index contributed by atoms with van der Waals surface area (Å²) in [7, 11) is 0. The largest absolute Gasteiger partial charge is 0.425 e. The molecule has 1 amide bonds. The standard InChI is InChI=1S/C15H13ClF3NO2/c16-10-3-4-12-11(7-10)14(15(17,18)19,6-5-9-1-2-9)22-8-13(21)20-12/h3-7,9H,1-2,8H2,(H,20,21). The first-order valence-corrected chi connectivity index (χ1v) is 7.19. The van der Waals surface area contributed by atoms with Gasteiger partial charge >= 0.3 is 6.18 Å². The third-order valence-electron chi connectivity index (χ3n) is 3.73. The number of rotatable bonds is 2. The van der Waals surface area contributed by atoms with E-state index in [1.807, 2.05) is 0 Å². The van der Waals surface area contributed by atoms with E-state index in [9.17, 15) is 18.0 Å². The molecule has 2 aliphatic rings. The summed E-state index contributed by atoms with van der Waals surface area (Å²) in [5.41, 5.74) is -2.81. The van der Waals surface area contributed by atoms with E-state index in [0.717, 1.165) is 18.9 Å². The summed E-state index contributed by atoms with van der Waals surface area (Å²) >= 11 is 5.86. The van der Waals surface area contributed by atoms with Crippen LogP contribution in [0.5, 0.6) is 0 Å². The highest BCUT2D eigenvalue weighted by atomic mass is 35.5. The molecular weight excluding hydrogens is 319 g/mol. The SMILES string of the molecule is O=C1COC(C=CC2CC2)(C(F)(F)F)c2cc(Cl)ccc2N1. The number of hydrogen-bond donors (Lipinski definition) is 1. The number of halogens is 4. The summed E-state index contributed by atoms with van der Waals surface area (Å²) < 4.78 is 46.5. The van der Waals surface area contributed by atoms with E-state index in [1.54, 1.807) is 0 Å². The number of alkyl halides is 3. The van der Waals surface area contributed by atoms with Crippen LogP contribution in [0.3, 0.4) is 0 Å². The van der Waals surface area contributed by atoms with Crippen LogP contribution in [0, 0.1) is 5.92 Å². The molecule has 0 spiro atoms. The second kappa shape index (κ2) is 5.28. The van der Waals surface area contributed by atoms with E-state index < -0.39 is 24.3 Å². The number of hydrogen-bond acceptors (Lipinski definition) is 2. The molecule has 7 heteroatoms. The summed E-state index contributed by atoms with van der Waals surface area (Å²) in [5, 5.41) is 2.57. The van der Waals surface area contributed by atoms with Gasteiger partial charge in [0.15, 0.2) is 0 Å². The fraction of sp³-hybridized carbons (Fsp3) is 0.400. The molecule has 1 unspecified atom stereocenters. The van der Waals surface area contributed by atoms with Crippen molar-refractivity contribution in [3.8, 4) is 0 Å². The molecule has 1 atom stereocenters. The highest BCUT2D eigenvalue weighted by Gasteiger charge is 2.58. The van der Waals surface area contributed by atoms with Crippen molar-refractivity contribution in [2.24, 2.45) is 5.92 Å². The molecule has 0 radical (unpaired) electrons. The number of carbonyl (C=O) groups is 1. The number of fused-ring (bicyclic) bond motifs is 1. The van der Waals surface area contributed by atoms with Crippen LogP contribution >= 0.6 is 11.6 Å². The number of ether oxygens (including phenoxy) is 1. The topological polar surface area (TPSA) is 38.3 Å². The first kappa shape index (κ1) is 15.4. The summed E-state index contributed by atoms with van der Waals surface area (Å²) in [6.07, 6.45) is -0.466. The Hall–Kier alpha value is -1.53. The minimum absolute atomic E-state index is 0.0599. The number of amides is 1. The Kier molecular flexibility index (Phi) is 3.69. The van der Waals surface area contributed by atoms with Gasteiger partial charge in [0.05, 0.1) is 0 Å². The normalized spacial score (nSPS) is 25.7. The second-order valence-electron chi connectivity index (χ2n) is 5.46. The molecule has 0 saturated heterocycles. The van der Waals surface area contributed by atoms with Crippen molar-refractivity contribution in [2.45, 2.75) is 24.6 Å². The van der Waals surface area contributed by atoms with Gasteiger partial charge in [0, 0.05) is 16.3 Å². The van der Waals surface area contributed by atoms with Crippen LogP contribution in [0.1, 0.15) is 18.4 Å². The van der Waals surface area contributed by atoms with Gasteiger partial charge in [-0.25, -0.2) is 0 Å². The first-order chi connectivity index (χ1) is 10.3. The van der Waals surface area contributed by atoms with Gasteiger partial charge in [0.1, 0.15) is 6.61 Å². The van der Waals surface area contributed by atoms with Crippen LogP contribution in [-0.2, 0) is 15.1 Å². The molecule has 0 bridgehead atoms.